The molecule has 1 N–H and O–H groups in total. The van der Waals surface area contributed by atoms with E-state index in [-0.39, 0.29) is 35.9 Å². The first-order valence-corrected chi connectivity index (χ1v) is 12.9. The largest absolute Gasteiger partial charge is 0.337 e. The summed E-state index contributed by atoms with van der Waals surface area (Å²) in [7, 11) is -3.32. The molecule has 0 aromatic heterocycles. The first kappa shape index (κ1) is 22.1. The van der Waals surface area contributed by atoms with Gasteiger partial charge in [0.2, 0.25) is 15.9 Å². The van der Waals surface area contributed by atoms with Crippen molar-refractivity contribution >= 4 is 22.0 Å². The highest BCUT2D eigenvalue weighted by atomic mass is 32.2. The predicted octanol–water partition coefficient (Wildman–Crippen LogP) is 1.41. The van der Waals surface area contributed by atoms with Crippen molar-refractivity contribution in [3.8, 4) is 0 Å². The Kier molecular flexibility index (Phi) is 5.76. The smallest absolute Gasteiger partial charge is 0.317 e. The van der Waals surface area contributed by atoms with Crippen LogP contribution in [0.15, 0.2) is 24.3 Å². The fourth-order valence-corrected chi connectivity index (χ4v) is 6.62. The van der Waals surface area contributed by atoms with Gasteiger partial charge in [-0.3, -0.25) is 4.79 Å². The standard InChI is InChI=1S/C22H32N4O4S/c1-4-26-20(27)18-14-25(31(3,29)30)15-19(18)22(26)9-11-24(12-10-22)21(28)23-13-17-8-6-5-7-16(17)2/h5-8,18-19H,4,9-15H2,1-3H3,(H,23,28)/t18-,19+/m0/s1. The fraction of sp³-hybridized carbons (Fsp3) is 0.636. The van der Waals surface area contributed by atoms with Crippen LogP contribution in [0.5, 0.6) is 0 Å². The zero-order chi connectivity index (χ0) is 22.4. The number of likely N-dealkylation sites (tertiary alicyclic amines) is 2. The summed E-state index contributed by atoms with van der Waals surface area (Å²) in [6.45, 7) is 6.91. The second-order valence-electron chi connectivity index (χ2n) is 9.05. The van der Waals surface area contributed by atoms with Gasteiger partial charge in [-0.25, -0.2) is 17.5 Å². The number of sulfonamides is 1. The number of amides is 3. The maximum atomic E-state index is 13.1. The molecule has 0 bridgehead atoms. The number of benzene rings is 1. The molecule has 9 heteroatoms. The van der Waals surface area contributed by atoms with Crippen molar-refractivity contribution in [2.24, 2.45) is 11.8 Å². The zero-order valence-corrected chi connectivity index (χ0v) is 19.3. The third-order valence-electron chi connectivity index (χ3n) is 7.49. The highest BCUT2D eigenvalue weighted by Gasteiger charge is 2.62. The number of carbonyl (C=O) groups is 2. The van der Waals surface area contributed by atoms with Gasteiger partial charge in [0.15, 0.2) is 0 Å². The van der Waals surface area contributed by atoms with Crippen LogP contribution in [0.4, 0.5) is 4.79 Å². The molecule has 170 valence electrons. The first-order chi connectivity index (χ1) is 14.7. The minimum Gasteiger partial charge on any atom is -0.337 e. The number of hydrogen-bond donors (Lipinski definition) is 1. The van der Waals surface area contributed by atoms with E-state index in [1.807, 2.05) is 47.9 Å². The van der Waals surface area contributed by atoms with Crippen molar-refractivity contribution in [3.63, 3.8) is 0 Å². The second-order valence-corrected chi connectivity index (χ2v) is 11.0. The maximum Gasteiger partial charge on any atom is 0.317 e. The maximum absolute atomic E-state index is 13.1. The van der Waals surface area contributed by atoms with E-state index in [1.54, 1.807) is 0 Å². The van der Waals surface area contributed by atoms with Gasteiger partial charge in [-0.1, -0.05) is 24.3 Å². The molecule has 3 amide bonds. The highest BCUT2D eigenvalue weighted by molar-refractivity contribution is 7.88. The van der Waals surface area contributed by atoms with Gasteiger partial charge in [0.1, 0.15) is 0 Å². The van der Waals surface area contributed by atoms with Gasteiger partial charge >= 0.3 is 6.03 Å². The van der Waals surface area contributed by atoms with E-state index in [2.05, 4.69) is 5.32 Å². The van der Waals surface area contributed by atoms with E-state index in [4.69, 9.17) is 0 Å². The normalized spacial score (nSPS) is 25.8. The summed E-state index contributed by atoms with van der Waals surface area (Å²) in [4.78, 5) is 29.6. The number of aryl methyl sites for hydroxylation is 1. The van der Waals surface area contributed by atoms with Crippen LogP contribution in [0.3, 0.4) is 0 Å². The molecule has 3 aliphatic rings. The molecule has 0 radical (unpaired) electrons. The quantitative estimate of drug-likeness (QED) is 0.754. The summed E-state index contributed by atoms with van der Waals surface area (Å²) in [6, 6.07) is 7.89. The van der Waals surface area contributed by atoms with E-state index in [9.17, 15) is 18.0 Å². The lowest BCUT2D eigenvalue weighted by Gasteiger charge is -2.47. The van der Waals surface area contributed by atoms with Crippen LogP contribution in [0.2, 0.25) is 0 Å². The Hall–Kier alpha value is -2.13. The van der Waals surface area contributed by atoms with Crippen molar-refractivity contribution in [3.05, 3.63) is 35.4 Å². The molecule has 1 spiro atoms. The second kappa shape index (κ2) is 8.09. The minimum absolute atomic E-state index is 0.00754. The van der Waals surface area contributed by atoms with Crippen LogP contribution in [0.25, 0.3) is 0 Å². The van der Waals surface area contributed by atoms with Crippen LogP contribution >= 0.6 is 0 Å². The molecule has 3 fully saturated rings. The Labute approximate surface area is 184 Å². The highest BCUT2D eigenvalue weighted by Crippen LogP contribution is 2.49. The molecule has 4 rings (SSSR count). The van der Waals surface area contributed by atoms with Gasteiger partial charge < -0.3 is 15.1 Å². The average Bonchev–Trinajstić information content (AvgIpc) is 3.27. The van der Waals surface area contributed by atoms with Crippen molar-refractivity contribution in [2.75, 3.05) is 39.0 Å². The molecule has 3 heterocycles. The van der Waals surface area contributed by atoms with Gasteiger partial charge in [0, 0.05) is 45.2 Å². The summed E-state index contributed by atoms with van der Waals surface area (Å²) in [5.74, 6) is -0.209. The molecular weight excluding hydrogens is 416 g/mol. The van der Waals surface area contributed by atoms with Crippen LogP contribution < -0.4 is 5.32 Å². The molecule has 0 aliphatic carbocycles. The lowest BCUT2D eigenvalue weighted by atomic mass is 9.75. The average molecular weight is 449 g/mol. The van der Waals surface area contributed by atoms with E-state index in [0.717, 1.165) is 11.1 Å². The van der Waals surface area contributed by atoms with Gasteiger partial charge in [-0.2, -0.15) is 0 Å². The summed E-state index contributed by atoms with van der Waals surface area (Å²) in [5.41, 5.74) is 1.88. The lowest BCUT2D eigenvalue weighted by Crippen LogP contribution is -2.58. The molecular formula is C22H32N4O4S. The molecule has 0 unspecified atom stereocenters. The predicted molar refractivity (Wildman–Crippen MR) is 118 cm³/mol. The van der Waals surface area contributed by atoms with Crippen molar-refractivity contribution in [1.82, 2.24) is 19.4 Å². The third kappa shape index (κ3) is 3.82. The summed E-state index contributed by atoms with van der Waals surface area (Å²) in [6.07, 6.45) is 2.58. The van der Waals surface area contributed by atoms with Crippen molar-refractivity contribution in [2.45, 2.75) is 38.8 Å². The number of urea groups is 1. The molecule has 2 atom stereocenters. The van der Waals surface area contributed by atoms with E-state index < -0.39 is 10.0 Å². The third-order valence-corrected chi connectivity index (χ3v) is 8.73. The summed E-state index contributed by atoms with van der Waals surface area (Å²) >= 11 is 0. The number of nitrogens with one attached hydrogen (secondary N) is 1. The Bertz CT molecular complexity index is 971. The number of nitrogens with zero attached hydrogens (tertiary/aromatic N) is 3. The molecule has 1 aromatic rings. The number of carbonyl (C=O) groups excluding carboxylic acids is 2. The molecule has 0 saturated carbocycles. The van der Waals surface area contributed by atoms with E-state index in [0.29, 0.717) is 45.6 Å². The van der Waals surface area contributed by atoms with Crippen molar-refractivity contribution < 1.29 is 18.0 Å². The lowest BCUT2D eigenvalue weighted by molar-refractivity contribution is -0.134. The van der Waals surface area contributed by atoms with E-state index >= 15 is 0 Å². The number of rotatable bonds is 4. The van der Waals surface area contributed by atoms with Gasteiger partial charge in [0.25, 0.3) is 0 Å². The van der Waals surface area contributed by atoms with E-state index in [1.165, 1.54) is 10.6 Å². The molecule has 31 heavy (non-hydrogen) atoms. The van der Waals surface area contributed by atoms with Crippen LogP contribution in [-0.4, -0.2) is 79.0 Å². The Morgan fingerprint density at radius 3 is 2.48 bits per heavy atom. The number of fused-ring (bicyclic) bond motifs is 2. The molecule has 1 aromatic carbocycles. The summed E-state index contributed by atoms with van der Waals surface area (Å²) in [5, 5.41) is 3.01. The fourth-order valence-electron chi connectivity index (χ4n) is 5.75. The summed E-state index contributed by atoms with van der Waals surface area (Å²) < 4.78 is 25.6. The number of piperidine rings is 1. The molecule has 8 nitrogen and oxygen atoms in total. The number of hydrogen-bond acceptors (Lipinski definition) is 4. The topological polar surface area (TPSA) is 90.0 Å². The molecule has 3 saturated heterocycles. The van der Waals surface area contributed by atoms with Gasteiger partial charge in [-0.15, -0.1) is 0 Å². The molecule has 3 aliphatic heterocycles. The zero-order valence-electron chi connectivity index (χ0n) is 18.5. The van der Waals surface area contributed by atoms with Gasteiger partial charge in [0.05, 0.1) is 17.7 Å². The SMILES string of the molecule is CCN1C(=O)[C@H]2CN(S(C)(=O)=O)C[C@H]2C12CCN(C(=O)NCc1ccccc1C)CC2. The Balaban J connectivity index is 1.43. The van der Waals surface area contributed by atoms with Gasteiger partial charge in [-0.05, 0) is 37.8 Å². The van der Waals surface area contributed by atoms with Crippen molar-refractivity contribution in [1.29, 1.82) is 0 Å². The Morgan fingerprint density at radius 2 is 1.87 bits per heavy atom. The Morgan fingerprint density at radius 1 is 1.19 bits per heavy atom. The van der Waals surface area contributed by atoms with Crippen LogP contribution in [0.1, 0.15) is 30.9 Å². The van der Waals surface area contributed by atoms with Crippen LogP contribution in [-0.2, 0) is 21.4 Å². The van der Waals surface area contributed by atoms with Crippen LogP contribution in [0, 0.1) is 18.8 Å². The first-order valence-electron chi connectivity index (χ1n) is 11.0. The minimum atomic E-state index is -3.32. The monoisotopic (exact) mass is 448 g/mol.